The molecule has 0 bridgehead atoms. The van der Waals surface area contributed by atoms with Crippen molar-refractivity contribution in [2.75, 3.05) is 5.32 Å². The van der Waals surface area contributed by atoms with Crippen molar-refractivity contribution in [2.45, 2.75) is 13.0 Å². The van der Waals surface area contributed by atoms with Gasteiger partial charge in [0.25, 0.3) is 0 Å². The SMILES string of the molecule is CC(Nc1c(Cl)cc(Br)cc1Cl)c1ccc(Cl)c(Cl)c1Cl. The minimum atomic E-state index is -0.150. The van der Waals surface area contributed by atoms with Gasteiger partial charge in [-0.3, -0.25) is 0 Å². The zero-order valence-electron chi connectivity index (χ0n) is 10.7. The van der Waals surface area contributed by atoms with Crippen molar-refractivity contribution >= 4 is 79.6 Å². The predicted molar refractivity (Wildman–Crippen MR) is 97.7 cm³/mol. The minimum Gasteiger partial charge on any atom is -0.376 e. The van der Waals surface area contributed by atoms with Gasteiger partial charge in [0, 0.05) is 4.47 Å². The summed E-state index contributed by atoms with van der Waals surface area (Å²) in [7, 11) is 0. The topological polar surface area (TPSA) is 12.0 Å². The Labute approximate surface area is 156 Å². The maximum Gasteiger partial charge on any atom is 0.0782 e. The third-order valence-electron chi connectivity index (χ3n) is 2.90. The van der Waals surface area contributed by atoms with Gasteiger partial charge >= 0.3 is 0 Å². The van der Waals surface area contributed by atoms with E-state index in [1.165, 1.54) is 0 Å². The fourth-order valence-electron chi connectivity index (χ4n) is 1.85. The van der Waals surface area contributed by atoms with Gasteiger partial charge in [-0.05, 0) is 30.7 Å². The van der Waals surface area contributed by atoms with E-state index in [9.17, 15) is 0 Å². The number of rotatable bonds is 3. The molecule has 0 aliphatic rings. The molecule has 2 aromatic carbocycles. The molecular weight excluding hydrogens is 439 g/mol. The number of hydrogen-bond acceptors (Lipinski definition) is 1. The van der Waals surface area contributed by atoms with E-state index in [2.05, 4.69) is 21.2 Å². The molecule has 1 nitrogen and oxygen atoms in total. The second-order valence-electron chi connectivity index (χ2n) is 4.38. The zero-order valence-corrected chi connectivity index (χ0v) is 16.0. The van der Waals surface area contributed by atoms with Gasteiger partial charge in [0.15, 0.2) is 0 Å². The summed E-state index contributed by atoms with van der Waals surface area (Å²) >= 11 is 34.0. The average molecular weight is 448 g/mol. The smallest absolute Gasteiger partial charge is 0.0782 e. The number of nitrogens with one attached hydrogen (secondary N) is 1. The fraction of sp³-hybridized carbons (Fsp3) is 0.143. The second kappa shape index (κ2) is 7.16. The van der Waals surface area contributed by atoms with Gasteiger partial charge in [-0.1, -0.05) is 80.0 Å². The Balaban J connectivity index is 2.35. The van der Waals surface area contributed by atoms with Crippen LogP contribution in [-0.2, 0) is 0 Å². The van der Waals surface area contributed by atoms with Crippen LogP contribution in [0.3, 0.4) is 0 Å². The summed E-state index contributed by atoms with van der Waals surface area (Å²) in [6.07, 6.45) is 0. The van der Waals surface area contributed by atoms with E-state index in [0.29, 0.717) is 30.8 Å². The fourth-order valence-corrected chi connectivity index (χ4v) is 3.87. The molecule has 0 saturated heterocycles. The summed E-state index contributed by atoms with van der Waals surface area (Å²) < 4.78 is 0.809. The van der Waals surface area contributed by atoms with E-state index in [1.807, 2.05) is 13.0 Å². The van der Waals surface area contributed by atoms with E-state index < -0.39 is 0 Å². The molecule has 21 heavy (non-hydrogen) atoms. The van der Waals surface area contributed by atoms with Crippen LogP contribution in [0.1, 0.15) is 18.5 Å². The van der Waals surface area contributed by atoms with Crippen molar-refractivity contribution in [2.24, 2.45) is 0 Å². The number of anilines is 1. The van der Waals surface area contributed by atoms with E-state index in [1.54, 1.807) is 18.2 Å². The van der Waals surface area contributed by atoms with Gasteiger partial charge in [-0.15, -0.1) is 0 Å². The molecule has 112 valence electrons. The molecule has 0 amide bonds. The van der Waals surface area contributed by atoms with Crippen LogP contribution in [0.5, 0.6) is 0 Å². The highest BCUT2D eigenvalue weighted by Gasteiger charge is 2.17. The summed E-state index contributed by atoms with van der Waals surface area (Å²) in [4.78, 5) is 0. The number of benzene rings is 2. The van der Waals surface area contributed by atoms with Crippen molar-refractivity contribution < 1.29 is 0 Å². The summed E-state index contributed by atoms with van der Waals surface area (Å²) in [6.45, 7) is 1.93. The van der Waals surface area contributed by atoms with Crippen molar-refractivity contribution in [1.82, 2.24) is 0 Å². The van der Waals surface area contributed by atoms with Gasteiger partial charge in [-0.25, -0.2) is 0 Å². The van der Waals surface area contributed by atoms with Gasteiger partial charge in [0.1, 0.15) is 0 Å². The number of hydrogen-bond donors (Lipinski definition) is 1. The molecule has 0 fully saturated rings. The Kier molecular flexibility index (Phi) is 5.98. The molecule has 0 aliphatic carbocycles. The van der Waals surface area contributed by atoms with Crippen LogP contribution in [0.4, 0.5) is 5.69 Å². The molecule has 0 aromatic heterocycles. The molecule has 0 aliphatic heterocycles. The summed E-state index contributed by atoms with van der Waals surface area (Å²) in [5.41, 5.74) is 1.44. The highest BCUT2D eigenvalue weighted by Crippen LogP contribution is 2.39. The van der Waals surface area contributed by atoms with Gasteiger partial charge in [0.05, 0.1) is 36.8 Å². The van der Waals surface area contributed by atoms with Crippen LogP contribution in [-0.4, -0.2) is 0 Å². The minimum absolute atomic E-state index is 0.150. The lowest BCUT2D eigenvalue weighted by Gasteiger charge is -2.20. The molecular formula is C14H9BrCl5N. The first-order chi connectivity index (χ1) is 9.81. The van der Waals surface area contributed by atoms with Crippen LogP contribution in [0.25, 0.3) is 0 Å². The lowest BCUT2D eigenvalue weighted by atomic mass is 10.1. The molecule has 1 N–H and O–H groups in total. The molecule has 0 spiro atoms. The summed E-state index contributed by atoms with van der Waals surface area (Å²) in [5.74, 6) is 0. The normalized spacial score (nSPS) is 12.3. The standard InChI is InChI=1S/C14H9BrCl5N/c1-6(8-2-3-9(16)13(20)12(8)19)21-14-10(17)4-7(15)5-11(14)18/h2-6,21H,1H3. The Hall–Kier alpha value is 0.170. The molecule has 1 unspecified atom stereocenters. The van der Waals surface area contributed by atoms with Crippen molar-refractivity contribution in [3.63, 3.8) is 0 Å². The average Bonchev–Trinajstić information content (AvgIpc) is 2.40. The molecule has 0 saturated carbocycles. The van der Waals surface area contributed by atoms with Gasteiger partial charge in [-0.2, -0.15) is 0 Å². The summed E-state index contributed by atoms with van der Waals surface area (Å²) in [5, 5.41) is 5.42. The highest BCUT2D eigenvalue weighted by molar-refractivity contribution is 9.10. The van der Waals surface area contributed by atoms with E-state index in [4.69, 9.17) is 58.0 Å². The maximum atomic E-state index is 6.23. The van der Waals surface area contributed by atoms with E-state index in [0.717, 1.165) is 10.0 Å². The van der Waals surface area contributed by atoms with Crippen LogP contribution in [0, 0.1) is 0 Å². The lowest BCUT2D eigenvalue weighted by Crippen LogP contribution is -2.08. The third-order valence-corrected chi connectivity index (χ3v) is 5.26. The van der Waals surface area contributed by atoms with Crippen LogP contribution in [0.2, 0.25) is 25.1 Å². The first kappa shape index (κ1) is 17.5. The first-order valence-corrected chi connectivity index (χ1v) is 8.54. The molecule has 7 heteroatoms. The quantitative estimate of drug-likeness (QED) is 0.471. The predicted octanol–water partition coefficient (Wildman–Crippen LogP) is 7.89. The van der Waals surface area contributed by atoms with Gasteiger partial charge < -0.3 is 5.32 Å². The monoisotopic (exact) mass is 445 g/mol. The Morgan fingerprint density at radius 2 is 1.48 bits per heavy atom. The van der Waals surface area contributed by atoms with Crippen molar-refractivity contribution in [3.05, 3.63) is 59.4 Å². The Morgan fingerprint density at radius 1 is 0.905 bits per heavy atom. The first-order valence-electron chi connectivity index (χ1n) is 5.85. The lowest BCUT2D eigenvalue weighted by molar-refractivity contribution is 0.885. The second-order valence-corrected chi connectivity index (χ2v) is 7.27. The Morgan fingerprint density at radius 3 is 2.05 bits per heavy atom. The van der Waals surface area contributed by atoms with E-state index >= 15 is 0 Å². The van der Waals surface area contributed by atoms with Crippen LogP contribution >= 0.6 is 73.9 Å². The van der Waals surface area contributed by atoms with Crippen molar-refractivity contribution in [1.29, 1.82) is 0 Å². The molecule has 0 radical (unpaired) electrons. The summed E-state index contributed by atoms with van der Waals surface area (Å²) in [6, 6.07) is 6.89. The largest absolute Gasteiger partial charge is 0.376 e. The van der Waals surface area contributed by atoms with E-state index in [-0.39, 0.29) is 6.04 Å². The molecule has 1 atom stereocenters. The maximum absolute atomic E-state index is 6.23. The third kappa shape index (κ3) is 3.93. The Bertz CT molecular complexity index is 666. The number of halogens is 6. The van der Waals surface area contributed by atoms with Crippen molar-refractivity contribution in [3.8, 4) is 0 Å². The van der Waals surface area contributed by atoms with Gasteiger partial charge in [0.2, 0.25) is 0 Å². The molecule has 2 aromatic rings. The van der Waals surface area contributed by atoms with Crippen LogP contribution < -0.4 is 5.32 Å². The molecule has 0 heterocycles. The zero-order chi connectivity index (χ0) is 15.7. The highest BCUT2D eigenvalue weighted by atomic mass is 79.9. The molecule has 2 rings (SSSR count). The van der Waals surface area contributed by atoms with Crippen LogP contribution in [0.15, 0.2) is 28.7 Å².